The van der Waals surface area contributed by atoms with Crippen molar-refractivity contribution in [2.45, 2.75) is 30.6 Å². The lowest BCUT2D eigenvalue weighted by molar-refractivity contribution is -0.169. The van der Waals surface area contributed by atoms with Crippen LogP contribution in [0.1, 0.15) is 19.3 Å². The van der Waals surface area contributed by atoms with Crippen LogP contribution in [-0.4, -0.2) is 31.1 Å². The molecule has 2 spiro atoms. The minimum atomic E-state index is -0.215. The van der Waals surface area contributed by atoms with Crippen LogP contribution in [0.2, 0.25) is 0 Å². The fourth-order valence-corrected chi connectivity index (χ4v) is 2.48. The molecule has 62 valence electrons. The molecule has 0 aromatic carbocycles. The first kappa shape index (κ1) is 6.40. The van der Waals surface area contributed by atoms with Crippen LogP contribution in [0.25, 0.3) is 0 Å². The number of hydrogen-bond donors (Lipinski definition) is 1. The first-order valence-corrected chi connectivity index (χ1v) is 4.40. The first-order chi connectivity index (χ1) is 5.37. The average Bonchev–Trinajstić information content (AvgIpc) is 2.55. The second-order valence-electron chi connectivity index (χ2n) is 3.74. The summed E-state index contributed by atoms with van der Waals surface area (Å²) in [5.41, 5.74) is 0.226. The van der Waals surface area contributed by atoms with Gasteiger partial charge in [0.25, 0.3) is 0 Å². The lowest BCUT2D eigenvalue weighted by atomic mass is 10.0. The third kappa shape index (κ3) is 0.643. The molecule has 3 fully saturated rings. The predicted octanol–water partition coefficient (Wildman–Crippen LogP) is 0.255. The zero-order valence-corrected chi connectivity index (χ0v) is 6.56. The molecule has 3 rings (SSSR count). The predicted molar refractivity (Wildman–Crippen MR) is 39.2 cm³/mol. The summed E-state index contributed by atoms with van der Waals surface area (Å²) >= 11 is 0. The molecule has 2 heterocycles. The van der Waals surface area contributed by atoms with Crippen LogP contribution in [0.15, 0.2) is 0 Å². The molecule has 0 aromatic heterocycles. The molecule has 11 heavy (non-hydrogen) atoms. The number of fused-ring (bicyclic) bond motifs is 1. The number of nitrogens with one attached hydrogen (secondary N) is 1. The van der Waals surface area contributed by atoms with Crippen molar-refractivity contribution in [1.29, 1.82) is 0 Å². The number of hydrogen-bond acceptors (Lipinski definition) is 3. The highest BCUT2D eigenvalue weighted by molar-refractivity contribution is 5.18. The van der Waals surface area contributed by atoms with Crippen molar-refractivity contribution in [1.82, 2.24) is 5.32 Å². The Morgan fingerprint density at radius 2 is 1.82 bits per heavy atom. The van der Waals surface area contributed by atoms with Crippen molar-refractivity contribution in [2.24, 2.45) is 0 Å². The second kappa shape index (κ2) is 1.79. The van der Waals surface area contributed by atoms with E-state index in [-0.39, 0.29) is 11.3 Å². The van der Waals surface area contributed by atoms with Crippen LogP contribution in [0.5, 0.6) is 0 Å². The van der Waals surface area contributed by atoms with E-state index in [4.69, 9.17) is 9.47 Å². The topological polar surface area (TPSA) is 40.4 Å². The molecule has 0 bridgehead atoms. The summed E-state index contributed by atoms with van der Waals surface area (Å²) in [5.74, 6) is -0.215. The van der Waals surface area contributed by atoms with E-state index in [1.165, 1.54) is 12.8 Å². The minimum absolute atomic E-state index is 0.215. The molecule has 1 saturated carbocycles. The molecule has 1 N–H and O–H groups in total. The Morgan fingerprint density at radius 3 is 2.45 bits per heavy atom. The van der Waals surface area contributed by atoms with E-state index in [0.717, 1.165) is 26.2 Å². The maximum Gasteiger partial charge on any atom is 0.187 e. The van der Waals surface area contributed by atoms with Crippen molar-refractivity contribution in [3.63, 3.8) is 0 Å². The molecule has 0 aromatic rings. The van der Waals surface area contributed by atoms with Gasteiger partial charge in [0, 0.05) is 13.0 Å². The Hall–Kier alpha value is -0.120. The molecule has 1 unspecified atom stereocenters. The van der Waals surface area contributed by atoms with Gasteiger partial charge in [0.1, 0.15) is 0 Å². The van der Waals surface area contributed by atoms with E-state index < -0.39 is 0 Å². The second-order valence-corrected chi connectivity index (χ2v) is 3.74. The summed E-state index contributed by atoms with van der Waals surface area (Å²) < 4.78 is 11.4. The monoisotopic (exact) mass is 155 g/mol. The lowest BCUT2D eigenvalue weighted by Gasteiger charge is -2.27. The summed E-state index contributed by atoms with van der Waals surface area (Å²) in [7, 11) is 0. The van der Waals surface area contributed by atoms with Crippen molar-refractivity contribution >= 4 is 0 Å². The van der Waals surface area contributed by atoms with Gasteiger partial charge in [-0.3, -0.25) is 0 Å². The Morgan fingerprint density at radius 1 is 1.09 bits per heavy atom. The van der Waals surface area contributed by atoms with E-state index in [1.54, 1.807) is 0 Å². The molecular formula is C8H13NO2. The molecule has 1 aliphatic carbocycles. The summed E-state index contributed by atoms with van der Waals surface area (Å²) in [6.07, 6.45) is 3.56. The fourth-order valence-electron chi connectivity index (χ4n) is 2.48. The van der Waals surface area contributed by atoms with E-state index in [1.807, 2.05) is 0 Å². The van der Waals surface area contributed by atoms with Gasteiger partial charge >= 0.3 is 0 Å². The average molecular weight is 155 g/mol. The van der Waals surface area contributed by atoms with Crippen LogP contribution in [0.4, 0.5) is 0 Å². The van der Waals surface area contributed by atoms with Crippen LogP contribution in [0, 0.1) is 0 Å². The van der Waals surface area contributed by atoms with Gasteiger partial charge in [-0.1, -0.05) is 0 Å². The van der Waals surface area contributed by atoms with Crippen LogP contribution >= 0.6 is 0 Å². The first-order valence-electron chi connectivity index (χ1n) is 4.40. The van der Waals surface area contributed by atoms with E-state index >= 15 is 0 Å². The third-order valence-corrected chi connectivity index (χ3v) is 3.20. The van der Waals surface area contributed by atoms with Crippen LogP contribution in [0.3, 0.4) is 0 Å². The summed E-state index contributed by atoms with van der Waals surface area (Å²) in [4.78, 5) is 0. The van der Waals surface area contributed by atoms with Gasteiger partial charge < -0.3 is 14.8 Å². The molecule has 3 nitrogen and oxygen atoms in total. The Labute approximate surface area is 66.1 Å². The molecule has 1 atom stereocenters. The zero-order chi connectivity index (χ0) is 7.36. The zero-order valence-electron chi connectivity index (χ0n) is 6.56. The van der Waals surface area contributed by atoms with Gasteiger partial charge in [0.05, 0.1) is 18.8 Å². The maximum atomic E-state index is 5.69. The smallest absolute Gasteiger partial charge is 0.187 e. The van der Waals surface area contributed by atoms with Crippen molar-refractivity contribution < 1.29 is 9.47 Å². The summed E-state index contributed by atoms with van der Waals surface area (Å²) in [6, 6.07) is 0. The van der Waals surface area contributed by atoms with Crippen molar-refractivity contribution in [3.05, 3.63) is 0 Å². The standard InChI is InChI=1S/C8H13NO2/c1-2-7(6-9-7)8(3-1)10-4-5-11-8/h9H,1-6H2. The van der Waals surface area contributed by atoms with Gasteiger partial charge in [-0.05, 0) is 12.8 Å². The van der Waals surface area contributed by atoms with E-state index in [0.29, 0.717) is 0 Å². The summed E-state index contributed by atoms with van der Waals surface area (Å²) in [5, 5.41) is 3.39. The van der Waals surface area contributed by atoms with Gasteiger partial charge in [-0.15, -0.1) is 0 Å². The highest BCUT2D eigenvalue weighted by atomic mass is 16.7. The van der Waals surface area contributed by atoms with E-state index in [9.17, 15) is 0 Å². The van der Waals surface area contributed by atoms with Crippen molar-refractivity contribution in [2.75, 3.05) is 19.8 Å². The van der Waals surface area contributed by atoms with Gasteiger partial charge in [0.15, 0.2) is 5.79 Å². The quantitative estimate of drug-likeness (QED) is 0.510. The van der Waals surface area contributed by atoms with Crippen LogP contribution < -0.4 is 5.32 Å². The highest BCUT2D eigenvalue weighted by Gasteiger charge is 2.65. The molecule has 2 saturated heterocycles. The lowest BCUT2D eigenvalue weighted by Crippen LogP contribution is -2.43. The molecule has 0 amide bonds. The molecular weight excluding hydrogens is 142 g/mol. The Bertz CT molecular complexity index is 177. The van der Waals surface area contributed by atoms with Gasteiger partial charge in [-0.25, -0.2) is 0 Å². The fraction of sp³-hybridized carbons (Fsp3) is 1.00. The normalized spacial score (nSPS) is 45.8. The molecule has 2 aliphatic heterocycles. The van der Waals surface area contributed by atoms with Gasteiger partial charge in [-0.2, -0.15) is 0 Å². The number of rotatable bonds is 0. The molecule has 3 heteroatoms. The van der Waals surface area contributed by atoms with Gasteiger partial charge in [0.2, 0.25) is 0 Å². The summed E-state index contributed by atoms with van der Waals surface area (Å²) in [6.45, 7) is 2.65. The molecule has 0 radical (unpaired) electrons. The SMILES string of the molecule is C1CC2(CN2)C2(C1)OCCO2. The molecule has 3 aliphatic rings. The minimum Gasteiger partial charge on any atom is -0.346 e. The Balaban J connectivity index is 1.94. The van der Waals surface area contributed by atoms with Crippen LogP contribution in [-0.2, 0) is 9.47 Å². The highest BCUT2D eigenvalue weighted by Crippen LogP contribution is 2.50. The number of ether oxygens (including phenoxy) is 2. The third-order valence-electron chi connectivity index (χ3n) is 3.20. The van der Waals surface area contributed by atoms with Crippen molar-refractivity contribution in [3.8, 4) is 0 Å². The largest absolute Gasteiger partial charge is 0.346 e. The Kier molecular flexibility index (Phi) is 1.04. The maximum absolute atomic E-state index is 5.69. The van der Waals surface area contributed by atoms with E-state index in [2.05, 4.69) is 5.32 Å².